The molecule has 2 aliphatic rings. The molecule has 1 saturated carbocycles. The minimum Gasteiger partial charge on any atom is -0.373 e. The monoisotopic (exact) mass is 322 g/mol. The fourth-order valence-corrected chi connectivity index (χ4v) is 3.86. The van der Waals surface area contributed by atoms with Crippen molar-refractivity contribution in [3.05, 3.63) is 5.82 Å². The van der Waals surface area contributed by atoms with Gasteiger partial charge in [0.15, 0.2) is 5.82 Å². The van der Waals surface area contributed by atoms with E-state index in [2.05, 4.69) is 44.7 Å². The van der Waals surface area contributed by atoms with E-state index in [0.29, 0.717) is 12.4 Å². The lowest BCUT2D eigenvalue weighted by atomic mass is 9.84. The number of amides is 1. The van der Waals surface area contributed by atoms with E-state index in [0.717, 1.165) is 45.3 Å². The van der Waals surface area contributed by atoms with Crippen molar-refractivity contribution in [3.8, 4) is 0 Å². The fraction of sp³-hybridized carbons (Fsp3) is 0.867. The molecule has 8 nitrogen and oxygen atoms in total. The van der Waals surface area contributed by atoms with Gasteiger partial charge in [-0.15, -0.1) is 10.2 Å². The van der Waals surface area contributed by atoms with Gasteiger partial charge in [0.1, 0.15) is 5.41 Å². The molecule has 128 valence electrons. The Bertz CT molecular complexity index is 504. The summed E-state index contributed by atoms with van der Waals surface area (Å²) in [6.45, 7) is 7.48. The van der Waals surface area contributed by atoms with E-state index in [9.17, 15) is 4.79 Å². The molecule has 1 amide bonds. The summed E-state index contributed by atoms with van der Waals surface area (Å²) in [6, 6.07) is 0. The first-order chi connectivity index (χ1) is 11.1. The Morgan fingerprint density at radius 2 is 2.04 bits per heavy atom. The molecule has 1 aliphatic carbocycles. The van der Waals surface area contributed by atoms with Crippen molar-refractivity contribution in [2.24, 2.45) is 0 Å². The first-order valence-electron chi connectivity index (χ1n) is 8.50. The quantitative estimate of drug-likeness (QED) is 0.806. The number of nitrogens with one attached hydrogen (secondary N) is 2. The average molecular weight is 322 g/mol. The molecule has 0 unspecified atom stereocenters. The van der Waals surface area contributed by atoms with Gasteiger partial charge in [-0.2, -0.15) is 5.21 Å². The zero-order valence-electron chi connectivity index (χ0n) is 13.9. The van der Waals surface area contributed by atoms with Gasteiger partial charge in [0.2, 0.25) is 5.91 Å². The Morgan fingerprint density at radius 3 is 2.65 bits per heavy atom. The van der Waals surface area contributed by atoms with Crippen molar-refractivity contribution in [1.29, 1.82) is 0 Å². The largest absolute Gasteiger partial charge is 0.373 e. The second kappa shape index (κ2) is 6.92. The van der Waals surface area contributed by atoms with E-state index in [-0.39, 0.29) is 18.1 Å². The van der Waals surface area contributed by atoms with Crippen LogP contribution < -0.4 is 5.32 Å². The molecule has 2 N–H and O–H groups in total. The molecular formula is C15H26N6O2. The van der Waals surface area contributed by atoms with E-state index < -0.39 is 5.41 Å². The average Bonchev–Trinajstić information content (AvgIpc) is 3.18. The summed E-state index contributed by atoms with van der Waals surface area (Å²) in [7, 11) is 0. The van der Waals surface area contributed by atoms with E-state index in [4.69, 9.17) is 4.74 Å². The van der Waals surface area contributed by atoms with Crippen LogP contribution in [0.2, 0.25) is 0 Å². The zero-order chi connectivity index (χ0) is 16.3. The van der Waals surface area contributed by atoms with E-state index in [1.54, 1.807) is 0 Å². The van der Waals surface area contributed by atoms with E-state index in [1.807, 2.05) is 0 Å². The predicted octanol–water partition coefficient (Wildman–Crippen LogP) is 0.237. The summed E-state index contributed by atoms with van der Waals surface area (Å²) in [5.74, 6) is 0.562. The topological polar surface area (TPSA) is 96.0 Å². The van der Waals surface area contributed by atoms with Gasteiger partial charge in [-0.05, 0) is 26.7 Å². The number of aromatic amines is 1. The van der Waals surface area contributed by atoms with Crippen LogP contribution in [0.25, 0.3) is 0 Å². The number of rotatable bonds is 5. The first kappa shape index (κ1) is 16.3. The molecule has 3 rings (SSSR count). The third kappa shape index (κ3) is 3.53. The number of carbonyl (C=O) groups is 1. The lowest BCUT2D eigenvalue weighted by Crippen LogP contribution is -2.50. The lowest BCUT2D eigenvalue weighted by molar-refractivity contribution is -0.127. The number of carbonyl (C=O) groups excluding carboxylic acids is 1. The number of H-pyrrole nitrogens is 1. The van der Waals surface area contributed by atoms with Crippen LogP contribution >= 0.6 is 0 Å². The summed E-state index contributed by atoms with van der Waals surface area (Å²) in [5, 5.41) is 17.3. The smallest absolute Gasteiger partial charge is 0.234 e. The summed E-state index contributed by atoms with van der Waals surface area (Å²) in [5.41, 5.74) is -0.599. The molecule has 2 fully saturated rings. The van der Waals surface area contributed by atoms with Crippen LogP contribution in [0, 0.1) is 0 Å². The van der Waals surface area contributed by atoms with Crippen molar-refractivity contribution in [2.75, 3.05) is 26.2 Å². The molecule has 2 heterocycles. The number of hydrogen-bond acceptors (Lipinski definition) is 6. The number of hydrogen-bond donors (Lipinski definition) is 2. The molecule has 8 heteroatoms. The van der Waals surface area contributed by atoms with Gasteiger partial charge in [-0.3, -0.25) is 9.69 Å². The minimum absolute atomic E-state index is 0.0331. The van der Waals surface area contributed by atoms with Gasteiger partial charge in [0.25, 0.3) is 0 Å². The van der Waals surface area contributed by atoms with Gasteiger partial charge < -0.3 is 10.1 Å². The first-order valence-corrected chi connectivity index (χ1v) is 8.50. The Morgan fingerprint density at radius 1 is 1.35 bits per heavy atom. The Kier molecular flexibility index (Phi) is 4.91. The van der Waals surface area contributed by atoms with E-state index >= 15 is 0 Å². The second-order valence-corrected chi connectivity index (χ2v) is 6.80. The number of nitrogens with zero attached hydrogens (tertiary/aromatic N) is 4. The number of aromatic nitrogens is 4. The van der Waals surface area contributed by atoms with Crippen molar-refractivity contribution in [1.82, 2.24) is 30.8 Å². The molecule has 23 heavy (non-hydrogen) atoms. The highest BCUT2D eigenvalue weighted by Crippen LogP contribution is 2.39. The van der Waals surface area contributed by atoms with Crippen LogP contribution in [0.1, 0.15) is 45.4 Å². The highest BCUT2D eigenvalue weighted by atomic mass is 16.5. The normalized spacial score (nSPS) is 27.9. The van der Waals surface area contributed by atoms with Gasteiger partial charge in [-0.25, -0.2) is 0 Å². The van der Waals surface area contributed by atoms with Crippen molar-refractivity contribution < 1.29 is 9.53 Å². The van der Waals surface area contributed by atoms with Crippen LogP contribution in [0.5, 0.6) is 0 Å². The summed E-state index contributed by atoms with van der Waals surface area (Å²) in [6.07, 6.45) is 4.14. The van der Waals surface area contributed by atoms with Gasteiger partial charge in [-0.1, -0.05) is 18.1 Å². The molecule has 2 atom stereocenters. The molecule has 1 aromatic rings. The molecule has 0 spiro atoms. The molecule has 1 aromatic heterocycles. The maximum atomic E-state index is 12.8. The van der Waals surface area contributed by atoms with Crippen molar-refractivity contribution >= 4 is 5.91 Å². The second-order valence-electron chi connectivity index (χ2n) is 6.80. The molecule has 0 radical (unpaired) electrons. The zero-order valence-corrected chi connectivity index (χ0v) is 13.9. The third-order valence-electron chi connectivity index (χ3n) is 4.87. The predicted molar refractivity (Wildman–Crippen MR) is 83.8 cm³/mol. The minimum atomic E-state index is -0.599. The summed E-state index contributed by atoms with van der Waals surface area (Å²) >= 11 is 0. The molecule has 1 aliphatic heterocycles. The maximum absolute atomic E-state index is 12.8. The van der Waals surface area contributed by atoms with Gasteiger partial charge in [0.05, 0.1) is 12.2 Å². The van der Waals surface area contributed by atoms with Gasteiger partial charge >= 0.3 is 0 Å². The van der Waals surface area contributed by atoms with Crippen molar-refractivity contribution in [2.45, 2.75) is 57.2 Å². The van der Waals surface area contributed by atoms with Crippen LogP contribution in [-0.2, 0) is 14.9 Å². The number of ether oxygens (including phenoxy) is 1. The number of morpholine rings is 1. The summed E-state index contributed by atoms with van der Waals surface area (Å²) < 4.78 is 5.73. The lowest BCUT2D eigenvalue weighted by Gasteiger charge is -2.35. The van der Waals surface area contributed by atoms with Crippen LogP contribution in [0.15, 0.2) is 0 Å². The maximum Gasteiger partial charge on any atom is 0.234 e. The fourth-order valence-electron chi connectivity index (χ4n) is 3.86. The van der Waals surface area contributed by atoms with E-state index in [1.165, 1.54) is 0 Å². The Hall–Kier alpha value is -1.54. The Labute approximate surface area is 136 Å². The molecule has 1 saturated heterocycles. The Balaban J connectivity index is 1.54. The van der Waals surface area contributed by atoms with Crippen LogP contribution in [-0.4, -0.2) is 69.8 Å². The highest BCUT2D eigenvalue weighted by Gasteiger charge is 2.46. The van der Waals surface area contributed by atoms with Crippen molar-refractivity contribution in [3.63, 3.8) is 0 Å². The SMILES string of the molecule is C[C@@H]1CN(CCNC(=O)C2(c3nn[nH]n3)CCCC2)C[C@H](C)O1. The third-order valence-corrected chi connectivity index (χ3v) is 4.87. The van der Waals surface area contributed by atoms with Crippen LogP contribution in [0.4, 0.5) is 0 Å². The summed E-state index contributed by atoms with van der Waals surface area (Å²) in [4.78, 5) is 15.1. The standard InChI is InChI=1S/C15H26N6O2/c1-11-9-21(10-12(2)23-11)8-7-16-14(22)15(5-3-4-6-15)13-17-19-20-18-13/h11-12H,3-10H2,1-2H3,(H,16,22)(H,17,18,19,20)/t11-,12+. The molecular weight excluding hydrogens is 296 g/mol. The van der Waals surface area contributed by atoms with Gasteiger partial charge in [0, 0.05) is 26.2 Å². The molecule has 0 aromatic carbocycles. The number of tetrazole rings is 1. The molecule has 0 bridgehead atoms. The van der Waals surface area contributed by atoms with Crippen LogP contribution in [0.3, 0.4) is 0 Å². The highest BCUT2D eigenvalue weighted by molar-refractivity contribution is 5.87.